The van der Waals surface area contributed by atoms with Gasteiger partial charge in [0.05, 0.1) is 5.56 Å². The van der Waals surface area contributed by atoms with E-state index in [0.717, 1.165) is 24.5 Å². The molecular weight excluding hydrogens is 251 g/mol. The van der Waals surface area contributed by atoms with Gasteiger partial charge in [0.1, 0.15) is 0 Å². The van der Waals surface area contributed by atoms with E-state index in [-0.39, 0.29) is 6.04 Å². The van der Waals surface area contributed by atoms with Crippen LogP contribution < -0.4 is 5.32 Å². The van der Waals surface area contributed by atoms with Crippen LogP contribution in [0.4, 0.5) is 13.2 Å². The molecule has 1 rings (SSSR count). The molecule has 0 aliphatic heterocycles. The van der Waals surface area contributed by atoms with E-state index in [9.17, 15) is 13.2 Å². The van der Waals surface area contributed by atoms with Gasteiger partial charge < -0.3 is 5.32 Å². The summed E-state index contributed by atoms with van der Waals surface area (Å²) in [5.74, 6) is 0.449. The van der Waals surface area contributed by atoms with Crippen molar-refractivity contribution in [3.63, 3.8) is 0 Å². The van der Waals surface area contributed by atoms with E-state index in [2.05, 4.69) is 19.2 Å². The summed E-state index contributed by atoms with van der Waals surface area (Å²) in [6.45, 7) is 4.26. The van der Waals surface area contributed by atoms with Gasteiger partial charge >= 0.3 is 6.18 Å². The van der Waals surface area contributed by atoms with Crippen molar-refractivity contribution < 1.29 is 13.2 Å². The summed E-state index contributed by atoms with van der Waals surface area (Å²) in [6, 6.07) is 5.83. The molecule has 1 aromatic carbocycles. The van der Waals surface area contributed by atoms with Gasteiger partial charge in [-0.05, 0) is 37.4 Å². The second-order valence-electron chi connectivity index (χ2n) is 5.06. The molecule has 0 radical (unpaired) electrons. The maximum Gasteiger partial charge on any atom is 0.416 e. The third-order valence-corrected chi connectivity index (χ3v) is 3.51. The molecular formula is C15H22F3N. The highest BCUT2D eigenvalue weighted by atomic mass is 19.4. The first-order valence-corrected chi connectivity index (χ1v) is 6.71. The minimum atomic E-state index is -4.26. The van der Waals surface area contributed by atoms with Crippen molar-refractivity contribution >= 4 is 0 Å². The normalized spacial score (nSPS) is 15.3. The zero-order valence-corrected chi connectivity index (χ0v) is 11.7. The van der Waals surface area contributed by atoms with E-state index in [1.807, 2.05) is 7.05 Å². The Bertz CT molecular complexity index is 387. The molecule has 0 saturated heterocycles. The van der Waals surface area contributed by atoms with Crippen LogP contribution in [0.2, 0.25) is 0 Å². The summed E-state index contributed by atoms with van der Waals surface area (Å²) < 4.78 is 38.0. The molecule has 2 atom stereocenters. The number of benzene rings is 1. The summed E-state index contributed by atoms with van der Waals surface area (Å²) in [7, 11) is 1.87. The summed E-state index contributed by atoms with van der Waals surface area (Å²) in [4.78, 5) is 0. The first kappa shape index (κ1) is 16.0. The lowest BCUT2D eigenvalue weighted by Gasteiger charge is -2.23. The molecule has 0 saturated carbocycles. The Balaban J connectivity index is 2.80. The van der Waals surface area contributed by atoms with Crippen LogP contribution in [0, 0.1) is 5.92 Å². The van der Waals surface area contributed by atoms with Crippen molar-refractivity contribution in [1.82, 2.24) is 5.32 Å². The molecule has 0 bridgehead atoms. The van der Waals surface area contributed by atoms with E-state index >= 15 is 0 Å². The van der Waals surface area contributed by atoms with Gasteiger partial charge in [-0.2, -0.15) is 13.2 Å². The number of nitrogens with one attached hydrogen (secondary N) is 1. The van der Waals surface area contributed by atoms with Crippen molar-refractivity contribution in [3.8, 4) is 0 Å². The van der Waals surface area contributed by atoms with Crippen LogP contribution in [0.15, 0.2) is 24.3 Å². The molecule has 0 spiro atoms. The lowest BCUT2D eigenvalue weighted by Crippen LogP contribution is -2.34. The van der Waals surface area contributed by atoms with E-state index in [1.165, 1.54) is 12.1 Å². The molecule has 108 valence electrons. The summed E-state index contributed by atoms with van der Waals surface area (Å²) in [6.07, 6.45) is -1.48. The van der Waals surface area contributed by atoms with Crippen LogP contribution in [0.1, 0.15) is 37.8 Å². The van der Waals surface area contributed by atoms with Gasteiger partial charge in [-0.15, -0.1) is 0 Å². The SMILES string of the molecule is CCCC(C)C(Cc1cccc(C(F)(F)F)c1)NC. The molecule has 0 amide bonds. The maximum absolute atomic E-state index is 12.7. The third-order valence-electron chi connectivity index (χ3n) is 3.51. The van der Waals surface area contributed by atoms with Crippen molar-refractivity contribution in [2.24, 2.45) is 5.92 Å². The molecule has 1 N–H and O–H groups in total. The molecule has 0 heterocycles. The molecule has 0 aliphatic rings. The number of rotatable bonds is 6. The Kier molecular flexibility index (Phi) is 5.85. The third kappa shape index (κ3) is 4.86. The Morgan fingerprint density at radius 3 is 2.47 bits per heavy atom. The van der Waals surface area contributed by atoms with E-state index in [1.54, 1.807) is 6.07 Å². The molecule has 1 aromatic rings. The minimum absolute atomic E-state index is 0.212. The van der Waals surface area contributed by atoms with E-state index < -0.39 is 11.7 Å². The van der Waals surface area contributed by atoms with Gasteiger partial charge in [0, 0.05) is 6.04 Å². The smallest absolute Gasteiger partial charge is 0.316 e. The molecule has 19 heavy (non-hydrogen) atoms. The van der Waals surface area contributed by atoms with Gasteiger partial charge in [-0.1, -0.05) is 38.5 Å². The fraction of sp³-hybridized carbons (Fsp3) is 0.600. The zero-order valence-electron chi connectivity index (χ0n) is 11.7. The summed E-state index contributed by atoms with van der Waals surface area (Å²) in [5, 5.41) is 3.21. The second-order valence-corrected chi connectivity index (χ2v) is 5.06. The monoisotopic (exact) mass is 273 g/mol. The van der Waals surface area contributed by atoms with Crippen LogP contribution in [-0.4, -0.2) is 13.1 Å². The van der Waals surface area contributed by atoms with Crippen LogP contribution in [0.5, 0.6) is 0 Å². The van der Waals surface area contributed by atoms with Crippen LogP contribution in [-0.2, 0) is 12.6 Å². The number of hydrogen-bond acceptors (Lipinski definition) is 1. The lowest BCUT2D eigenvalue weighted by molar-refractivity contribution is -0.137. The second kappa shape index (κ2) is 6.94. The molecule has 1 nitrogen and oxygen atoms in total. The van der Waals surface area contributed by atoms with Gasteiger partial charge in [0.15, 0.2) is 0 Å². The Morgan fingerprint density at radius 1 is 1.26 bits per heavy atom. The Morgan fingerprint density at radius 2 is 1.95 bits per heavy atom. The van der Waals surface area contributed by atoms with Crippen molar-refractivity contribution in [1.29, 1.82) is 0 Å². The summed E-state index contributed by atoms with van der Waals surface area (Å²) >= 11 is 0. The highest BCUT2D eigenvalue weighted by molar-refractivity contribution is 5.26. The average Bonchev–Trinajstić information content (AvgIpc) is 2.35. The van der Waals surface area contributed by atoms with Crippen molar-refractivity contribution in [2.45, 2.75) is 45.3 Å². The Hall–Kier alpha value is -1.03. The largest absolute Gasteiger partial charge is 0.416 e. The standard InChI is InChI=1S/C15H22F3N/c1-4-6-11(2)14(19-3)10-12-7-5-8-13(9-12)15(16,17)18/h5,7-9,11,14,19H,4,6,10H2,1-3H3. The predicted octanol–water partition coefficient (Wildman–Crippen LogP) is 4.27. The molecule has 2 unspecified atom stereocenters. The fourth-order valence-corrected chi connectivity index (χ4v) is 2.37. The first-order chi connectivity index (χ1) is 8.88. The molecule has 0 aliphatic carbocycles. The number of halogens is 3. The topological polar surface area (TPSA) is 12.0 Å². The number of hydrogen-bond donors (Lipinski definition) is 1. The highest BCUT2D eigenvalue weighted by Crippen LogP contribution is 2.30. The molecule has 0 fully saturated rings. The van der Waals surface area contributed by atoms with Crippen molar-refractivity contribution in [3.05, 3.63) is 35.4 Å². The quantitative estimate of drug-likeness (QED) is 0.816. The van der Waals surface area contributed by atoms with Gasteiger partial charge in [0.2, 0.25) is 0 Å². The van der Waals surface area contributed by atoms with Crippen LogP contribution in [0.3, 0.4) is 0 Å². The number of alkyl halides is 3. The lowest BCUT2D eigenvalue weighted by atomic mass is 9.91. The maximum atomic E-state index is 12.7. The van der Waals surface area contributed by atoms with Gasteiger partial charge in [-0.3, -0.25) is 0 Å². The average molecular weight is 273 g/mol. The van der Waals surface area contributed by atoms with Crippen molar-refractivity contribution in [2.75, 3.05) is 7.05 Å². The van der Waals surface area contributed by atoms with Crippen LogP contribution >= 0.6 is 0 Å². The molecule has 4 heteroatoms. The molecule has 0 aromatic heterocycles. The number of likely N-dealkylation sites (N-methyl/N-ethyl adjacent to an activating group) is 1. The van der Waals surface area contributed by atoms with E-state index in [0.29, 0.717) is 12.3 Å². The first-order valence-electron chi connectivity index (χ1n) is 6.71. The fourth-order valence-electron chi connectivity index (χ4n) is 2.37. The van der Waals surface area contributed by atoms with E-state index in [4.69, 9.17) is 0 Å². The summed E-state index contributed by atoms with van der Waals surface area (Å²) in [5.41, 5.74) is 0.167. The minimum Gasteiger partial charge on any atom is -0.316 e. The predicted molar refractivity (Wildman–Crippen MR) is 72.1 cm³/mol. The van der Waals surface area contributed by atoms with Gasteiger partial charge in [0.25, 0.3) is 0 Å². The Labute approximate surface area is 113 Å². The highest BCUT2D eigenvalue weighted by Gasteiger charge is 2.30. The van der Waals surface area contributed by atoms with Gasteiger partial charge in [-0.25, -0.2) is 0 Å². The van der Waals surface area contributed by atoms with Crippen LogP contribution in [0.25, 0.3) is 0 Å². The zero-order chi connectivity index (χ0) is 14.5.